The molecule has 2 heterocycles. The van der Waals surface area contributed by atoms with E-state index in [-0.39, 0.29) is 5.92 Å². The van der Waals surface area contributed by atoms with E-state index in [0.29, 0.717) is 5.91 Å². The first-order chi connectivity index (χ1) is 15.7. The van der Waals surface area contributed by atoms with E-state index in [4.69, 9.17) is 9.97 Å². The zero-order valence-corrected chi connectivity index (χ0v) is 19.3. The predicted molar refractivity (Wildman–Crippen MR) is 132 cm³/mol. The summed E-state index contributed by atoms with van der Waals surface area (Å²) in [6.45, 7) is 7.55. The SMILES string of the molecule is CCCCC(CC)C(=O)N1CCCN(c2nc3ccccc3nc2-c2ccccc2)CC1. The molecule has 1 aliphatic rings. The Morgan fingerprint density at radius 2 is 1.62 bits per heavy atom. The van der Waals surface area contributed by atoms with Crippen molar-refractivity contribution in [1.82, 2.24) is 14.9 Å². The molecule has 1 amide bonds. The summed E-state index contributed by atoms with van der Waals surface area (Å²) in [5.41, 5.74) is 3.80. The number of carbonyl (C=O) groups is 1. The third kappa shape index (κ3) is 4.93. The van der Waals surface area contributed by atoms with Gasteiger partial charge in [0.15, 0.2) is 5.82 Å². The molecule has 4 rings (SSSR count). The van der Waals surface area contributed by atoms with Gasteiger partial charge in [-0.25, -0.2) is 9.97 Å². The van der Waals surface area contributed by atoms with Crippen LogP contribution in [0.2, 0.25) is 0 Å². The Morgan fingerprint density at radius 1 is 0.906 bits per heavy atom. The second-order valence-electron chi connectivity index (χ2n) is 8.66. The zero-order valence-electron chi connectivity index (χ0n) is 19.3. The Bertz CT molecular complexity index is 1040. The highest BCUT2D eigenvalue weighted by Crippen LogP contribution is 2.30. The number of unbranched alkanes of at least 4 members (excludes halogenated alkanes) is 1. The van der Waals surface area contributed by atoms with E-state index in [1.54, 1.807) is 0 Å². The Morgan fingerprint density at radius 3 is 2.34 bits per heavy atom. The number of benzene rings is 2. The standard InChI is InChI=1S/C27H34N4O/c1-3-5-12-21(4-2)27(32)31-18-11-17-30(19-20-31)26-25(22-13-7-6-8-14-22)28-23-15-9-10-16-24(23)29-26/h6-10,13-16,21H,3-5,11-12,17-20H2,1-2H3. The van der Waals surface area contributed by atoms with Gasteiger partial charge in [-0.1, -0.05) is 69.2 Å². The maximum absolute atomic E-state index is 13.2. The maximum atomic E-state index is 13.2. The van der Waals surface area contributed by atoms with Crippen LogP contribution >= 0.6 is 0 Å². The van der Waals surface area contributed by atoms with Crippen LogP contribution < -0.4 is 4.90 Å². The van der Waals surface area contributed by atoms with Crippen molar-refractivity contribution in [1.29, 1.82) is 0 Å². The quantitative estimate of drug-likeness (QED) is 0.493. The maximum Gasteiger partial charge on any atom is 0.225 e. The van der Waals surface area contributed by atoms with E-state index in [9.17, 15) is 4.79 Å². The molecule has 1 unspecified atom stereocenters. The number of carbonyl (C=O) groups excluding carboxylic acids is 1. The fraction of sp³-hybridized carbons (Fsp3) is 0.444. The first-order valence-corrected chi connectivity index (χ1v) is 12.1. The van der Waals surface area contributed by atoms with Crippen molar-refractivity contribution in [3.8, 4) is 11.3 Å². The molecule has 0 spiro atoms. The smallest absolute Gasteiger partial charge is 0.225 e. The summed E-state index contributed by atoms with van der Waals surface area (Å²) < 4.78 is 0. The molecule has 1 aromatic heterocycles. The van der Waals surface area contributed by atoms with Gasteiger partial charge in [-0.15, -0.1) is 0 Å². The molecule has 1 fully saturated rings. The van der Waals surface area contributed by atoms with Crippen molar-refractivity contribution >= 4 is 22.8 Å². The monoisotopic (exact) mass is 430 g/mol. The highest BCUT2D eigenvalue weighted by Gasteiger charge is 2.26. The van der Waals surface area contributed by atoms with Crippen LogP contribution in [-0.4, -0.2) is 47.0 Å². The first-order valence-electron chi connectivity index (χ1n) is 12.1. The van der Waals surface area contributed by atoms with E-state index in [1.807, 2.05) is 42.5 Å². The summed E-state index contributed by atoms with van der Waals surface area (Å²) in [4.78, 5) is 27.6. The number of fused-ring (bicyclic) bond motifs is 1. The number of amides is 1. The number of anilines is 1. The molecule has 1 atom stereocenters. The van der Waals surface area contributed by atoms with Gasteiger partial charge in [0.25, 0.3) is 0 Å². The van der Waals surface area contributed by atoms with E-state index < -0.39 is 0 Å². The van der Waals surface area contributed by atoms with Crippen LogP contribution in [0.1, 0.15) is 46.0 Å². The topological polar surface area (TPSA) is 49.3 Å². The Kier molecular flexibility index (Phi) is 7.35. The van der Waals surface area contributed by atoms with Crippen LogP contribution in [0.3, 0.4) is 0 Å². The highest BCUT2D eigenvalue weighted by molar-refractivity contribution is 5.83. The number of para-hydroxylation sites is 2. The molecule has 5 heteroatoms. The minimum atomic E-state index is 0.154. The van der Waals surface area contributed by atoms with Gasteiger partial charge in [-0.3, -0.25) is 4.79 Å². The third-order valence-corrected chi connectivity index (χ3v) is 6.45. The van der Waals surface area contributed by atoms with Crippen molar-refractivity contribution in [3.63, 3.8) is 0 Å². The minimum Gasteiger partial charge on any atom is -0.353 e. The molecule has 168 valence electrons. The molecule has 0 radical (unpaired) electrons. The van der Waals surface area contributed by atoms with Gasteiger partial charge >= 0.3 is 0 Å². The molecule has 0 aliphatic carbocycles. The molecular formula is C27H34N4O. The van der Waals surface area contributed by atoms with E-state index >= 15 is 0 Å². The van der Waals surface area contributed by atoms with Gasteiger partial charge in [-0.05, 0) is 31.4 Å². The molecule has 1 aliphatic heterocycles. The van der Waals surface area contributed by atoms with E-state index in [0.717, 1.165) is 86.4 Å². The second kappa shape index (κ2) is 10.6. The largest absolute Gasteiger partial charge is 0.353 e. The van der Waals surface area contributed by atoms with Crippen LogP contribution in [0.15, 0.2) is 54.6 Å². The van der Waals surface area contributed by atoms with Crippen LogP contribution in [0.5, 0.6) is 0 Å². The fourth-order valence-corrected chi connectivity index (χ4v) is 4.56. The van der Waals surface area contributed by atoms with Crippen LogP contribution in [-0.2, 0) is 4.79 Å². The number of hydrogen-bond acceptors (Lipinski definition) is 4. The molecular weight excluding hydrogens is 396 g/mol. The summed E-state index contributed by atoms with van der Waals surface area (Å²) in [6.07, 6.45) is 5.13. The summed E-state index contributed by atoms with van der Waals surface area (Å²) in [7, 11) is 0. The van der Waals surface area contributed by atoms with Crippen molar-refractivity contribution in [2.75, 3.05) is 31.1 Å². The Hall–Kier alpha value is -2.95. The average Bonchev–Trinajstić information content (AvgIpc) is 3.10. The lowest BCUT2D eigenvalue weighted by atomic mass is 9.97. The molecule has 1 saturated heterocycles. The van der Waals surface area contributed by atoms with Gasteiger partial charge in [0.05, 0.1) is 11.0 Å². The Balaban J connectivity index is 1.60. The van der Waals surface area contributed by atoms with Gasteiger partial charge < -0.3 is 9.80 Å². The second-order valence-corrected chi connectivity index (χ2v) is 8.66. The first kappa shape index (κ1) is 22.3. The van der Waals surface area contributed by atoms with Gasteiger partial charge in [-0.2, -0.15) is 0 Å². The number of rotatable bonds is 7. The molecule has 3 aromatic rings. The van der Waals surface area contributed by atoms with Gasteiger partial charge in [0.2, 0.25) is 5.91 Å². The van der Waals surface area contributed by atoms with Crippen molar-refractivity contribution in [2.45, 2.75) is 46.0 Å². The molecule has 0 N–H and O–H groups in total. The van der Waals surface area contributed by atoms with Crippen LogP contribution in [0, 0.1) is 5.92 Å². The molecule has 2 aromatic carbocycles. The van der Waals surface area contributed by atoms with Crippen molar-refractivity contribution in [2.24, 2.45) is 5.92 Å². The fourth-order valence-electron chi connectivity index (χ4n) is 4.56. The molecule has 32 heavy (non-hydrogen) atoms. The number of aromatic nitrogens is 2. The lowest BCUT2D eigenvalue weighted by molar-refractivity contribution is -0.135. The van der Waals surface area contributed by atoms with Crippen molar-refractivity contribution in [3.05, 3.63) is 54.6 Å². The van der Waals surface area contributed by atoms with Gasteiger partial charge in [0.1, 0.15) is 5.69 Å². The van der Waals surface area contributed by atoms with Gasteiger partial charge in [0, 0.05) is 37.7 Å². The average molecular weight is 431 g/mol. The molecule has 0 saturated carbocycles. The third-order valence-electron chi connectivity index (χ3n) is 6.45. The predicted octanol–water partition coefficient (Wildman–Crippen LogP) is 5.55. The Labute approximate surface area is 191 Å². The highest BCUT2D eigenvalue weighted by atomic mass is 16.2. The lowest BCUT2D eigenvalue weighted by Gasteiger charge is -2.27. The lowest BCUT2D eigenvalue weighted by Crippen LogP contribution is -2.39. The molecule has 5 nitrogen and oxygen atoms in total. The van der Waals surface area contributed by atoms with Crippen molar-refractivity contribution < 1.29 is 4.79 Å². The summed E-state index contributed by atoms with van der Waals surface area (Å²) in [5, 5.41) is 0. The number of nitrogens with zero attached hydrogens (tertiary/aromatic N) is 4. The van der Waals surface area contributed by atoms with E-state index in [2.05, 4.69) is 35.8 Å². The summed E-state index contributed by atoms with van der Waals surface area (Å²) >= 11 is 0. The summed E-state index contributed by atoms with van der Waals surface area (Å²) in [6, 6.07) is 18.3. The minimum absolute atomic E-state index is 0.154. The summed E-state index contributed by atoms with van der Waals surface area (Å²) in [5.74, 6) is 1.40. The van der Waals surface area contributed by atoms with E-state index in [1.165, 1.54) is 0 Å². The normalized spacial score (nSPS) is 15.6. The van der Waals surface area contributed by atoms with Crippen LogP contribution in [0.4, 0.5) is 5.82 Å². The zero-order chi connectivity index (χ0) is 22.3. The molecule has 0 bridgehead atoms. The van der Waals surface area contributed by atoms with Crippen LogP contribution in [0.25, 0.3) is 22.3 Å². The number of hydrogen-bond donors (Lipinski definition) is 0.